The van der Waals surface area contributed by atoms with Gasteiger partial charge in [-0.05, 0) is 132 Å². The van der Waals surface area contributed by atoms with Crippen LogP contribution in [0.25, 0.3) is 33.4 Å². The molecule has 0 radical (unpaired) electrons. The Hall–Kier alpha value is -8.78. The summed E-state index contributed by atoms with van der Waals surface area (Å²) in [4.78, 5) is 2.52. The van der Waals surface area contributed by atoms with Gasteiger partial charge in [0.15, 0.2) is 0 Å². The van der Waals surface area contributed by atoms with Gasteiger partial charge in [-0.25, -0.2) is 0 Å². The molecular formula is C73H61N. The lowest BCUT2D eigenvalue weighted by molar-refractivity contribution is 0.730. The highest BCUT2D eigenvalue weighted by atomic mass is 15.2. The lowest BCUT2D eigenvalue weighted by Gasteiger charge is -2.34. The topological polar surface area (TPSA) is 3.24 Å². The molecule has 2 atom stereocenters. The summed E-state index contributed by atoms with van der Waals surface area (Å²) >= 11 is 0. The molecule has 0 spiro atoms. The minimum Gasteiger partial charge on any atom is -0.334 e. The summed E-state index contributed by atoms with van der Waals surface area (Å²) in [5.41, 5.74) is 22.1. The second-order valence-corrected chi connectivity index (χ2v) is 19.7. The van der Waals surface area contributed by atoms with E-state index >= 15 is 0 Å². The summed E-state index contributed by atoms with van der Waals surface area (Å²) in [5.74, 6) is 0.767. The Morgan fingerprint density at radius 1 is 0.351 bits per heavy atom. The van der Waals surface area contributed by atoms with Crippen molar-refractivity contribution in [2.24, 2.45) is 5.92 Å². The molecule has 358 valence electrons. The Kier molecular flexibility index (Phi) is 14.3. The van der Waals surface area contributed by atoms with Crippen LogP contribution in [0.2, 0.25) is 0 Å². The third-order valence-electron chi connectivity index (χ3n) is 14.6. The first kappa shape index (κ1) is 47.5. The van der Waals surface area contributed by atoms with E-state index in [1.54, 1.807) is 0 Å². The summed E-state index contributed by atoms with van der Waals surface area (Å²) < 4.78 is 0. The number of benzene rings is 9. The highest BCUT2D eigenvalue weighted by Gasteiger charge is 2.25. The molecule has 2 aliphatic carbocycles. The number of rotatable bonds is 14. The van der Waals surface area contributed by atoms with Crippen LogP contribution in [-0.4, -0.2) is 6.04 Å². The first-order valence-electron chi connectivity index (χ1n) is 26.2. The molecule has 0 aliphatic heterocycles. The van der Waals surface area contributed by atoms with Gasteiger partial charge in [-0.3, -0.25) is 0 Å². The van der Waals surface area contributed by atoms with Crippen LogP contribution in [0.15, 0.2) is 302 Å². The molecule has 74 heavy (non-hydrogen) atoms. The summed E-state index contributed by atoms with van der Waals surface area (Å²) in [6.45, 7) is 4.53. The maximum Gasteiger partial charge on any atom is 0.0560 e. The first-order valence-corrected chi connectivity index (χ1v) is 26.2. The maximum absolute atomic E-state index is 2.52. The van der Waals surface area contributed by atoms with Crippen LogP contribution in [0.4, 0.5) is 11.4 Å². The molecule has 0 heterocycles. The average molecular weight is 952 g/mol. The monoisotopic (exact) mass is 951 g/mol. The van der Waals surface area contributed by atoms with E-state index < -0.39 is 0 Å². The fourth-order valence-electron chi connectivity index (χ4n) is 10.8. The Morgan fingerprint density at radius 2 is 0.716 bits per heavy atom. The molecule has 9 aromatic carbocycles. The van der Waals surface area contributed by atoms with Crippen molar-refractivity contribution < 1.29 is 0 Å². The van der Waals surface area contributed by atoms with Gasteiger partial charge >= 0.3 is 0 Å². The largest absolute Gasteiger partial charge is 0.334 e. The van der Waals surface area contributed by atoms with Crippen LogP contribution >= 0.6 is 0 Å². The zero-order chi connectivity index (χ0) is 50.1. The normalized spacial score (nSPS) is 15.0. The standard InChI is InChI=1S/C73H61N/c1-53(2)54-41-47-67(48-42-54)74(68-49-43-57(44-50-68)55-33-37-65(38-34-55)72(63-29-17-7-18-30-63)70(59-21-9-3-10-22-59)60-23-11-4-12-24-60)69-51-45-58(46-52-69)56-35-39-66(40-36-56)73(64-31-19-8-20-32-64)71(61-25-13-5-14-26-61)62-27-15-6-16-28-62/h3-35,37-51,53,56,69H,36,52H2,1-2H3. The van der Waals surface area contributed by atoms with Crippen molar-refractivity contribution in [1.29, 1.82) is 0 Å². The van der Waals surface area contributed by atoms with Crippen molar-refractivity contribution in [2.75, 3.05) is 4.90 Å². The fourth-order valence-corrected chi connectivity index (χ4v) is 10.8. The van der Waals surface area contributed by atoms with Crippen molar-refractivity contribution in [3.63, 3.8) is 0 Å². The second kappa shape index (κ2) is 22.3. The van der Waals surface area contributed by atoms with Crippen LogP contribution in [0.1, 0.15) is 77.1 Å². The highest BCUT2D eigenvalue weighted by Crippen LogP contribution is 2.42. The van der Waals surface area contributed by atoms with Crippen molar-refractivity contribution in [3.8, 4) is 11.1 Å². The van der Waals surface area contributed by atoms with Crippen molar-refractivity contribution in [2.45, 2.75) is 38.6 Å². The van der Waals surface area contributed by atoms with E-state index in [1.165, 1.54) is 100 Å². The van der Waals surface area contributed by atoms with Gasteiger partial charge in [0.05, 0.1) is 6.04 Å². The minimum atomic E-state index is 0.158. The predicted molar refractivity (Wildman–Crippen MR) is 315 cm³/mol. The van der Waals surface area contributed by atoms with Gasteiger partial charge in [0.25, 0.3) is 0 Å². The SMILES string of the molecule is CC(C)c1ccc(N(c2ccc(-c3ccc(C(=C(c4ccccc4)c4ccccc4)c4ccccc4)cc3)cc2)C2C=CC(C3C=CC(C(=C(c4ccccc4)c4ccccc4)c4ccccc4)=CC3)=CC2)cc1. The van der Waals surface area contributed by atoms with E-state index in [0.29, 0.717) is 11.8 Å². The van der Waals surface area contributed by atoms with Gasteiger partial charge in [0.1, 0.15) is 0 Å². The van der Waals surface area contributed by atoms with Crippen LogP contribution in [0.3, 0.4) is 0 Å². The molecule has 2 unspecified atom stereocenters. The van der Waals surface area contributed by atoms with E-state index in [9.17, 15) is 0 Å². The van der Waals surface area contributed by atoms with E-state index in [0.717, 1.165) is 12.8 Å². The average Bonchev–Trinajstić information content (AvgIpc) is 3.48. The number of nitrogens with zero attached hydrogens (tertiary/aromatic N) is 1. The summed E-state index contributed by atoms with van der Waals surface area (Å²) in [6.07, 6.45) is 16.4. The van der Waals surface area contributed by atoms with Gasteiger partial charge < -0.3 is 4.90 Å². The Bertz CT molecular complexity index is 3410. The molecule has 9 aromatic rings. The Morgan fingerprint density at radius 3 is 1.08 bits per heavy atom. The molecule has 2 aliphatic rings. The molecule has 1 nitrogen and oxygen atoms in total. The molecule has 0 saturated carbocycles. The molecule has 0 N–H and O–H groups in total. The molecule has 1 heteroatoms. The van der Waals surface area contributed by atoms with E-state index in [-0.39, 0.29) is 6.04 Å². The number of hydrogen-bond donors (Lipinski definition) is 0. The lowest BCUT2D eigenvalue weighted by Crippen LogP contribution is -2.30. The van der Waals surface area contributed by atoms with E-state index in [2.05, 4.69) is 310 Å². The lowest BCUT2D eigenvalue weighted by atomic mass is 9.80. The van der Waals surface area contributed by atoms with Crippen molar-refractivity contribution in [1.82, 2.24) is 0 Å². The molecule has 0 aromatic heterocycles. The third kappa shape index (κ3) is 10.4. The summed E-state index contributed by atoms with van der Waals surface area (Å²) in [6, 6.07) is 92.7. The van der Waals surface area contributed by atoms with Crippen LogP contribution in [-0.2, 0) is 0 Å². The van der Waals surface area contributed by atoms with Gasteiger partial charge in [-0.15, -0.1) is 0 Å². The van der Waals surface area contributed by atoms with E-state index in [4.69, 9.17) is 0 Å². The zero-order valence-corrected chi connectivity index (χ0v) is 42.3. The number of anilines is 2. The molecule has 0 amide bonds. The number of hydrogen-bond acceptors (Lipinski definition) is 1. The Labute approximate surface area is 438 Å². The van der Waals surface area contributed by atoms with Crippen LogP contribution in [0, 0.1) is 5.92 Å². The Balaban J connectivity index is 0.872. The highest BCUT2D eigenvalue weighted by molar-refractivity contribution is 6.06. The van der Waals surface area contributed by atoms with Crippen molar-refractivity contribution in [3.05, 3.63) is 347 Å². The number of allylic oxidation sites excluding steroid dienone is 7. The van der Waals surface area contributed by atoms with Gasteiger partial charge in [-0.1, -0.05) is 281 Å². The smallest absolute Gasteiger partial charge is 0.0560 e. The zero-order valence-electron chi connectivity index (χ0n) is 42.3. The third-order valence-corrected chi connectivity index (χ3v) is 14.6. The molecular weight excluding hydrogens is 891 g/mol. The van der Waals surface area contributed by atoms with Crippen LogP contribution < -0.4 is 4.90 Å². The molecule has 0 saturated heterocycles. The minimum absolute atomic E-state index is 0.158. The van der Waals surface area contributed by atoms with E-state index in [1.807, 2.05) is 0 Å². The van der Waals surface area contributed by atoms with Crippen molar-refractivity contribution >= 4 is 33.7 Å². The van der Waals surface area contributed by atoms with Gasteiger partial charge in [-0.2, -0.15) is 0 Å². The molecule has 0 fully saturated rings. The summed E-state index contributed by atoms with van der Waals surface area (Å²) in [7, 11) is 0. The van der Waals surface area contributed by atoms with Gasteiger partial charge in [0, 0.05) is 17.3 Å². The molecule has 11 rings (SSSR count). The predicted octanol–water partition coefficient (Wildman–Crippen LogP) is 19.0. The van der Waals surface area contributed by atoms with Gasteiger partial charge in [0.2, 0.25) is 0 Å². The summed E-state index contributed by atoms with van der Waals surface area (Å²) in [5, 5.41) is 0. The maximum atomic E-state index is 2.52. The first-order chi connectivity index (χ1) is 36.6. The quantitative estimate of drug-likeness (QED) is 0.0982. The fraction of sp³-hybridized carbons (Fsp3) is 0.0959. The molecule has 0 bridgehead atoms. The second-order valence-electron chi connectivity index (χ2n) is 19.7. The van der Waals surface area contributed by atoms with Crippen LogP contribution in [0.5, 0.6) is 0 Å².